The van der Waals surface area contributed by atoms with E-state index in [-0.39, 0.29) is 11.9 Å². The molecular formula is C25H23F3N4OS. The molecule has 1 aromatic heterocycles. The fraction of sp³-hybridized carbons (Fsp3) is 0.280. The molecule has 2 aliphatic heterocycles. The zero-order valence-corrected chi connectivity index (χ0v) is 19.0. The number of nitrogens with one attached hydrogen (secondary N) is 2. The standard InChI is InChI=1S/C25H23F3N4OS/c26-25(27,28)19-5-8-23(29-15-19)30-20-9-11-32(12-10-20)34-21-6-3-16(4-7-21)17-1-2-18-14-24(33)31-22(18)13-17/h1-8,13,15,20H,9-12,14H2,(H,29,30)(H,31,33). The topological polar surface area (TPSA) is 57.3 Å². The molecule has 5 rings (SSSR count). The lowest BCUT2D eigenvalue weighted by molar-refractivity contribution is -0.137. The summed E-state index contributed by atoms with van der Waals surface area (Å²) in [4.78, 5) is 16.6. The summed E-state index contributed by atoms with van der Waals surface area (Å²) in [5.74, 6) is 0.509. The number of hydrogen-bond acceptors (Lipinski definition) is 5. The number of benzene rings is 2. The van der Waals surface area contributed by atoms with Crippen molar-refractivity contribution in [3.05, 3.63) is 71.9 Å². The molecule has 2 aromatic carbocycles. The first-order chi connectivity index (χ1) is 16.3. The average Bonchev–Trinajstić information content (AvgIpc) is 3.20. The Morgan fingerprint density at radius 2 is 1.74 bits per heavy atom. The van der Waals surface area contributed by atoms with Gasteiger partial charge in [0.25, 0.3) is 0 Å². The van der Waals surface area contributed by atoms with E-state index in [2.05, 4.69) is 44.2 Å². The number of alkyl halides is 3. The number of piperidine rings is 1. The number of carbonyl (C=O) groups is 1. The Morgan fingerprint density at radius 1 is 1.00 bits per heavy atom. The first kappa shape index (κ1) is 22.7. The van der Waals surface area contributed by atoms with Gasteiger partial charge in [-0.1, -0.05) is 24.3 Å². The third-order valence-electron chi connectivity index (χ3n) is 6.05. The molecule has 1 fully saturated rings. The quantitative estimate of drug-likeness (QED) is 0.445. The molecule has 0 atom stereocenters. The lowest BCUT2D eigenvalue weighted by Gasteiger charge is -2.31. The smallest absolute Gasteiger partial charge is 0.367 e. The molecule has 3 aromatic rings. The van der Waals surface area contributed by atoms with Crippen molar-refractivity contribution in [3.63, 3.8) is 0 Å². The molecule has 0 saturated carbocycles. The van der Waals surface area contributed by atoms with Gasteiger partial charge in [0, 0.05) is 35.9 Å². The van der Waals surface area contributed by atoms with Crippen LogP contribution in [0.15, 0.2) is 65.7 Å². The molecule has 0 radical (unpaired) electrons. The minimum absolute atomic E-state index is 0.0356. The lowest BCUT2D eigenvalue weighted by Crippen LogP contribution is -2.35. The van der Waals surface area contributed by atoms with E-state index in [1.165, 1.54) is 6.07 Å². The Labute approximate surface area is 199 Å². The van der Waals surface area contributed by atoms with Gasteiger partial charge in [-0.2, -0.15) is 13.2 Å². The number of amides is 1. The van der Waals surface area contributed by atoms with Crippen LogP contribution in [0.3, 0.4) is 0 Å². The first-order valence-corrected chi connectivity index (χ1v) is 11.9. The molecule has 0 spiro atoms. The van der Waals surface area contributed by atoms with Gasteiger partial charge in [0.15, 0.2) is 0 Å². The maximum Gasteiger partial charge on any atom is 0.417 e. The van der Waals surface area contributed by atoms with E-state index in [0.29, 0.717) is 12.2 Å². The predicted octanol–water partition coefficient (Wildman–Crippen LogP) is 5.85. The average molecular weight is 485 g/mol. The number of pyridine rings is 1. The van der Waals surface area contributed by atoms with Gasteiger partial charge in [-0.15, -0.1) is 0 Å². The molecular weight excluding hydrogens is 461 g/mol. The Morgan fingerprint density at radius 3 is 2.41 bits per heavy atom. The molecule has 34 heavy (non-hydrogen) atoms. The zero-order valence-electron chi connectivity index (χ0n) is 18.2. The summed E-state index contributed by atoms with van der Waals surface area (Å²) in [6.45, 7) is 1.74. The molecule has 2 N–H and O–H groups in total. The largest absolute Gasteiger partial charge is 0.417 e. The predicted molar refractivity (Wildman–Crippen MR) is 128 cm³/mol. The minimum Gasteiger partial charge on any atom is -0.367 e. The van der Waals surface area contributed by atoms with Crippen LogP contribution in [0.1, 0.15) is 24.0 Å². The fourth-order valence-electron chi connectivity index (χ4n) is 4.20. The summed E-state index contributed by atoms with van der Waals surface area (Å²) in [7, 11) is 0. The molecule has 0 aliphatic carbocycles. The molecule has 9 heteroatoms. The number of rotatable bonds is 5. The highest BCUT2D eigenvalue weighted by molar-refractivity contribution is 7.97. The third-order valence-corrected chi connectivity index (χ3v) is 7.16. The SMILES string of the molecule is O=C1Cc2ccc(-c3ccc(SN4CCC(Nc5ccc(C(F)(F)F)cn5)CC4)cc3)cc2N1. The van der Waals surface area contributed by atoms with E-state index in [9.17, 15) is 18.0 Å². The highest BCUT2D eigenvalue weighted by atomic mass is 32.2. The summed E-state index contributed by atoms with van der Waals surface area (Å²) in [5, 5.41) is 6.15. The van der Waals surface area contributed by atoms with Gasteiger partial charge >= 0.3 is 6.18 Å². The second kappa shape index (κ2) is 9.31. The molecule has 5 nitrogen and oxygen atoms in total. The molecule has 0 bridgehead atoms. The van der Waals surface area contributed by atoms with Crippen molar-refractivity contribution in [3.8, 4) is 11.1 Å². The zero-order chi connectivity index (χ0) is 23.7. The Kier molecular flexibility index (Phi) is 6.22. The van der Waals surface area contributed by atoms with Crippen molar-refractivity contribution in [2.24, 2.45) is 0 Å². The highest BCUT2D eigenvalue weighted by Gasteiger charge is 2.30. The monoisotopic (exact) mass is 484 g/mol. The Hall–Kier alpha value is -3.04. The third kappa shape index (κ3) is 5.20. The van der Waals surface area contributed by atoms with Crippen molar-refractivity contribution >= 4 is 29.4 Å². The Bertz CT molecular complexity index is 1170. The van der Waals surface area contributed by atoms with Crippen LogP contribution in [-0.4, -0.2) is 34.3 Å². The number of hydrogen-bond donors (Lipinski definition) is 2. The summed E-state index contributed by atoms with van der Waals surface area (Å²) >= 11 is 1.71. The highest BCUT2D eigenvalue weighted by Crippen LogP contribution is 2.33. The van der Waals surface area contributed by atoms with Crippen LogP contribution in [0.25, 0.3) is 11.1 Å². The summed E-state index contributed by atoms with van der Waals surface area (Å²) < 4.78 is 40.4. The van der Waals surface area contributed by atoms with Crippen LogP contribution in [0.2, 0.25) is 0 Å². The van der Waals surface area contributed by atoms with Gasteiger partial charge in [0.05, 0.1) is 12.0 Å². The van der Waals surface area contributed by atoms with Gasteiger partial charge in [-0.3, -0.25) is 4.79 Å². The van der Waals surface area contributed by atoms with Crippen molar-refractivity contribution in [1.29, 1.82) is 0 Å². The lowest BCUT2D eigenvalue weighted by atomic mass is 10.0. The van der Waals surface area contributed by atoms with Crippen LogP contribution in [-0.2, 0) is 17.4 Å². The minimum atomic E-state index is -4.37. The number of nitrogens with zero attached hydrogens (tertiary/aromatic N) is 2. The normalized spacial score (nSPS) is 16.9. The second-order valence-corrected chi connectivity index (χ2v) is 9.66. The van der Waals surface area contributed by atoms with E-state index >= 15 is 0 Å². The number of aromatic nitrogens is 1. The number of anilines is 2. The molecule has 1 saturated heterocycles. The van der Waals surface area contributed by atoms with Crippen molar-refractivity contribution in [2.75, 3.05) is 23.7 Å². The van der Waals surface area contributed by atoms with Crippen LogP contribution >= 0.6 is 11.9 Å². The van der Waals surface area contributed by atoms with Gasteiger partial charge in [0.1, 0.15) is 5.82 Å². The summed E-state index contributed by atoms with van der Waals surface area (Å²) in [6, 6.07) is 17.1. The van der Waals surface area contributed by atoms with Crippen molar-refractivity contribution < 1.29 is 18.0 Å². The molecule has 2 aliphatic rings. The van der Waals surface area contributed by atoms with Gasteiger partial charge in [-0.05, 0) is 71.8 Å². The molecule has 1 amide bonds. The summed E-state index contributed by atoms with van der Waals surface area (Å²) in [5.41, 5.74) is 3.36. The van der Waals surface area contributed by atoms with Gasteiger partial charge in [-0.25, -0.2) is 9.29 Å². The van der Waals surface area contributed by atoms with Crippen LogP contribution < -0.4 is 10.6 Å². The van der Waals surface area contributed by atoms with E-state index in [1.807, 2.05) is 18.2 Å². The number of halogens is 3. The second-order valence-electron chi connectivity index (χ2n) is 8.49. The van der Waals surface area contributed by atoms with Gasteiger partial charge in [0.2, 0.25) is 5.91 Å². The van der Waals surface area contributed by atoms with Crippen LogP contribution in [0, 0.1) is 0 Å². The maximum atomic E-state index is 12.7. The maximum absolute atomic E-state index is 12.7. The van der Waals surface area contributed by atoms with Crippen LogP contribution in [0.5, 0.6) is 0 Å². The molecule has 3 heterocycles. The Balaban J connectivity index is 1.13. The van der Waals surface area contributed by atoms with Crippen LogP contribution in [0.4, 0.5) is 24.7 Å². The summed E-state index contributed by atoms with van der Waals surface area (Å²) in [6.07, 6.45) is -1.29. The molecule has 0 unspecified atom stereocenters. The van der Waals surface area contributed by atoms with Gasteiger partial charge < -0.3 is 10.6 Å². The first-order valence-electron chi connectivity index (χ1n) is 11.1. The van der Waals surface area contributed by atoms with E-state index in [0.717, 1.165) is 65.5 Å². The van der Waals surface area contributed by atoms with Crippen molar-refractivity contribution in [1.82, 2.24) is 9.29 Å². The van der Waals surface area contributed by atoms with E-state index in [4.69, 9.17) is 0 Å². The van der Waals surface area contributed by atoms with E-state index < -0.39 is 11.7 Å². The molecule has 176 valence electrons. The fourth-order valence-corrected chi connectivity index (χ4v) is 5.15. The number of fused-ring (bicyclic) bond motifs is 1. The van der Waals surface area contributed by atoms with E-state index in [1.54, 1.807) is 11.9 Å². The van der Waals surface area contributed by atoms with Crippen molar-refractivity contribution in [2.45, 2.75) is 36.4 Å². The number of carbonyl (C=O) groups excluding carboxylic acids is 1.